The van der Waals surface area contributed by atoms with Gasteiger partial charge in [0, 0.05) is 31.3 Å². The molecule has 0 saturated heterocycles. The molecule has 0 spiro atoms. The minimum atomic E-state index is -0.370. The highest BCUT2D eigenvalue weighted by atomic mass is 16.6. The Labute approximate surface area is 147 Å². The number of hydrogen-bond acceptors (Lipinski definition) is 5. The molecule has 0 fully saturated rings. The summed E-state index contributed by atoms with van der Waals surface area (Å²) in [7, 11) is 3.29. The van der Waals surface area contributed by atoms with Crippen LogP contribution in [0.25, 0.3) is 0 Å². The van der Waals surface area contributed by atoms with Crippen molar-refractivity contribution in [2.75, 3.05) is 20.8 Å². The Balaban J connectivity index is 1.80. The molecule has 0 radical (unpaired) electrons. The van der Waals surface area contributed by atoms with Gasteiger partial charge in [0.2, 0.25) is 0 Å². The maximum atomic E-state index is 10.8. The Morgan fingerprint density at radius 3 is 2.24 bits per heavy atom. The van der Waals surface area contributed by atoms with E-state index in [0.29, 0.717) is 0 Å². The normalized spacial score (nSPS) is 15.3. The summed E-state index contributed by atoms with van der Waals surface area (Å²) in [6.45, 7) is 3.88. The van der Waals surface area contributed by atoms with Crippen LogP contribution >= 0.6 is 0 Å². The second-order valence-electron chi connectivity index (χ2n) is 6.22. The fraction of sp³-hybridized carbons (Fsp3) is 0.368. The van der Waals surface area contributed by atoms with Crippen molar-refractivity contribution in [3.05, 3.63) is 63.2 Å². The second-order valence-corrected chi connectivity index (χ2v) is 6.22. The molecule has 0 saturated carbocycles. The number of hydrogen-bond donors (Lipinski definition) is 0. The van der Waals surface area contributed by atoms with E-state index in [4.69, 9.17) is 9.47 Å². The molecule has 1 unspecified atom stereocenters. The fourth-order valence-corrected chi connectivity index (χ4v) is 3.32. The van der Waals surface area contributed by atoms with Gasteiger partial charge in [-0.3, -0.25) is 15.0 Å². The predicted octanol–water partition coefficient (Wildman–Crippen LogP) is 3.73. The van der Waals surface area contributed by atoms with E-state index in [1.165, 1.54) is 11.1 Å². The number of nitrogens with zero attached hydrogens (tertiary/aromatic N) is 2. The van der Waals surface area contributed by atoms with E-state index in [9.17, 15) is 10.1 Å². The number of rotatable bonds is 5. The van der Waals surface area contributed by atoms with E-state index in [-0.39, 0.29) is 16.7 Å². The number of fused-ring (bicyclic) bond motifs is 1. The van der Waals surface area contributed by atoms with Crippen LogP contribution in [0.15, 0.2) is 36.4 Å². The van der Waals surface area contributed by atoms with Crippen LogP contribution in [0.4, 0.5) is 5.69 Å². The summed E-state index contributed by atoms with van der Waals surface area (Å²) in [4.78, 5) is 12.8. The van der Waals surface area contributed by atoms with Crippen molar-refractivity contribution in [2.24, 2.45) is 0 Å². The molecule has 1 aliphatic rings. The van der Waals surface area contributed by atoms with E-state index in [0.717, 1.165) is 36.6 Å². The van der Waals surface area contributed by atoms with Gasteiger partial charge in [-0.1, -0.05) is 12.1 Å². The Morgan fingerprint density at radius 1 is 1.08 bits per heavy atom. The van der Waals surface area contributed by atoms with E-state index in [1.54, 1.807) is 26.4 Å². The van der Waals surface area contributed by atoms with Crippen molar-refractivity contribution in [1.29, 1.82) is 0 Å². The molecule has 1 heterocycles. The van der Waals surface area contributed by atoms with Crippen LogP contribution in [-0.2, 0) is 13.0 Å². The average Bonchev–Trinajstić information content (AvgIpc) is 2.65. The first-order chi connectivity index (χ1) is 12.0. The zero-order chi connectivity index (χ0) is 18.0. The average molecular weight is 342 g/mol. The summed E-state index contributed by atoms with van der Waals surface area (Å²) in [5, 5.41) is 10.8. The van der Waals surface area contributed by atoms with Crippen molar-refractivity contribution in [2.45, 2.75) is 25.9 Å². The Bertz CT molecular complexity index is 774. The molecule has 0 amide bonds. The van der Waals surface area contributed by atoms with Crippen LogP contribution in [0.3, 0.4) is 0 Å². The van der Waals surface area contributed by atoms with Gasteiger partial charge in [-0.15, -0.1) is 0 Å². The highest BCUT2D eigenvalue weighted by molar-refractivity contribution is 5.48. The van der Waals surface area contributed by atoms with Crippen molar-refractivity contribution in [3.63, 3.8) is 0 Å². The lowest BCUT2D eigenvalue weighted by molar-refractivity contribution is -0.384. The monoisotopic (exact) mass is 342 g/mol. The SMILES string of the molecule is COc1cc2c(cc1OC)CN(C(C)c1ccc([N+](=O)[O-])cc1)CC2. The van der Waals surface area contributed by atoms with Gasteiger partial charge in [-0.25, -0.2) is 0 Å². The van der Waals surface area contributed by atoms with Crippen molar-refractivity contribution in [3.8, 4) is 11.5 Å². The van der Waals surface area contributed by atoms with E-state index in [1.807, 2.05) is 18.2 Å². The number of benzene rings is 2. The third-order valence-electron chi connectivity index (χ3n) is 4.88. The van der Waals surface area contributed by atoms with Crippen LogP contribution in [-0.4, -0.2) is 30.6 Å². The van der Waals surface area contributed by atoms with Crippen LogP contribution in [0, 0.1) is 10.1 Å². The maximum absolute atomic E-state index is 10.8. The zero-order valence-corrected chi connectivity index (χ0v) is 14.7. The summed E-state index contributed by atoms with van der Waals surface area (Å²) in [6, 6.07) is 11.1. The number of methoxy groups -OCH3 is 2. The molecule has 6 nitrogen and oxygen atoms in total. The quantitative estimate of drug-likeness (QED) is 0.612. The summed E-state index contributed by atoms with van der Waals surface area (Å²) in [5.41, 5.74) is 3.72. The van der Waals surface area contributed by atoms with Gasteiger partial charge in [0.15, 0.2) is 11.5 Å². The van der Waals surface area contributed by atoms with Crippen molar-refractivity contribution >= 4 is 5.69 Å². The first kappa shape index (κ1) is 17.2. The number of non-ortho nitro benzene ring substituents is 1. The Hall–Kier alpha value is -2.60. The Morgan fingerprint density at radius 2 is 1.68 bits per heavy atom. The molecule has 0 N–H and O–H groups in total. The number of nitro benzene ring substituents is 1. The largest absolute Gasteiger partial charge is 0.493 e. The molecule has 6 heteroatoms. The molecule has 1 aliphatic heterocycles. The van der Waals surface area contributed by atoms with Gasteiger partial charge in [0.05, 0.1) is 19.1 Å². The summed E-state index contributed by atoms with van der Waals surface area (Å²) in [6.07, 6.45) is 0.938. The molecule has 1 atom stereocenters. The van der Waals surface area contributed by atoms with Crippen LogP contribution in [0.5, 0.6) is 11.5 Å². The first-order valence-electron chi connectivity index (χ1n) is 8.25. The standard InChI is InChI=1S/C19H22N2O4/c1-13(14-4-6-17(7-5-14)21(22)23)20-9-8-15-10-18(24-2)19(25-3)11-16(15)12-20/h4-7,10-11,13H,8-9,12H2,1-3H3. The minimum Gasteiger partial charge on any atom is -0.493 e. The smallest absolute Gasteiger partial charge is 0.269 e. The molecular formula is C19H22N2O4. The van der Waals surface area contributed by atoms with Gasteiger partial charge in [-0.05, 0) is 42.2 Å². The summed E-state index contributed by atoms with van der Waals surface area (Å²) >= 11 is 0. The van der Waals surface area contributed by atoms with Gasteiger partial charge in [0.1, 0.15) is 0 Å². The first-order valence-corrected chi connectivity index (χ1v) is 8.25. The van der Waals surface area contributed by atoms with E-state index < -0.39 is 0 Å². The lowest BCUT2D eigenvalue weighted by Gasteiger charge is -2.34. The van der Waals surface area contributed by atoms with Crippen LogP contribution in [0.1, 0.15) is 29.7 Å². The molecule has 0 aliphatic carbocycles. The summed E-state index contributed by atoms with van der Waals surface area (Å²) in [5.74, 6) is 1.50. The fourth-order valence-electron chi connectivity index (χ4n) is 3.32. The second kappa shape index (κ2) is 7.11. The zero-order valence-electron chi connectivity index (χ0n) is 14.7. The molecule has 132 valence electrons. The number of nitro groups is 1. The molecule has 2 aromatic carbocycles. The molecule has 25 heavy (non-hydrogen) atoms. The number of ether oxygens (including phenoxy) is 2. The minimum absolute atomic E-state index is 0.122. The highest BCUT2D eigenvalue weighted by Crippen LogP contribution is 2.35. The third-order valence-corrected chi connectivity index (χ3v) is 4.88. The van der Waals surface area contributed by atoms with Crippen molar-refractivity contribution < 1.29 is 14.4 Å². The molecule has 2 aromatic rings. The predicted molar refractivity (Wildman–Crippen MR) is 95.2 cm³/mol. The highest BCUT2D eigenvalue weighted by Gasteiger charge is 2.24. The molecule has 3 rings (SSSR count). The van der Waals surface area contributed by atoms with Gasteiger partial charge >= 0.3 is 0 Å². The lowest BCUT2D eigenvalue weighted by Crippen LogP contribution is -2.32. The molecule has 0 aromatic heterocycles. The topological polar surface area (TPSA) is 64.8 Å². The van der Waals surface area contributed by atoms with Gasteiger partial charge in [-0.2, -0.15) is 0 Å². The molecule has 0 bridgehead atoms. The maximum Gasteiger partial charge on any atom is 0.269 e. The van der Waals surface area contributed by atoms with Gasteiger partial charge in [0.25, 0.3) is 5.69 Å². The van der Waals surface area contributed by atoms with E-state index >= 15 is 0 Å². The van der Waals surface area contributed by atoms with Crippen molar-refractivity contribution in [1.82, 2.24) is 4.90 Å². The van der Waals surface area contributed by atoms with Crippen LogP contribution < -0.4 is 9.47 Å². The lowest BCUT2D eigenvalue weighted by atomic mass is 9.96. The summed E-state index contributed by atoms with van der Waals surface area (Å²) < 4.78 is 10.8. The van der Waals surface area contributed by atoms with Crippen LogP contribution in [0.2, 0.25) is 0 Å². The Kier molecular flexibility index (Phi) is 4.90. The van der Waals surface area contributed by atoms with Gasteiger partial charge < -0.3 is 9.47 Å². The third kappa shape index (κ3) is 3.44. The van der Waals surface area contributed by atoms with E-state index in [2.05, 4.69) is 17.9 Å². The molecular weight excluding hydrogens is 320 g/mol.